The molecule has 2 nitrogen and oxygen atoms in total. The highest BCUT2D eigenvalue weighted by Gasteiger charge is 2.25. The van der Waals surface area contributed by atoms with Crippen molar-refractivity contribution in [2.24, 2.45) is 0 Å². The Bertz CT molecular complexity index is 533. The van der Waals surface area contributed by atoms with Gasteiger partial charge in [-0.05, 0) is 30.2 Å². The monoisotopic (exact) mass is 212 g/mol. The smallest absolute Gasteiger partial charge is 0.194 e. The molecule has 1 aliphatic carbocycles. The molecule has 0 bridgehead atoms. The fourth-order valence-corrected chi connectivity index (χ4v) is 1.85. The van der Waals surface area contributed by atoms with Gasteiger partial charge in [-0.2, -0.15) is 0 Å². The van der Waals surface area contributed by atoms with E-state index in [-0.39, 0.29) is 11.5 Å². The maximum absolute atomic E-state index is 12.0. The lowest BCUT2D eigenvalue weighted by atomic mass is 10.1. The fourth-order valence-electron chi connectivity index (χ4n) is 1.85. The van der Waals surface area contributed by atoms with Crippen LogP contribution in [0.2, 0.25) is 0 Å². The van der Waals surface area contributed by atoms with E-state index in [4.69, 9.17) is 0 Å². The van der Waals surface area contributed by atoms with Crippen molar-refractivity contribution in [3.05, 3.63) is 65.5 Å². The Balaban J connectivity index is 2.56. The molecule has 0 aromatic heterocycles. The molecule has 0 atom stereocenters. The van der Waals surface area contributed by atoms with Crippen LogP contribution < -0.4 is 0 Å². The predicted molar refractivity (Wildman–Crippen MR) is 64.3 cm³/mol. The third kappa shape index (κ3) is 1.48. The average molecular weight is 212 g/mol. The van der Waals surface area contributed by atoms with Crippen LogP contribution in [0.5, 0.6) is 0 Å². The molecule has 0 unspecified atom stereocenters. The number of aliphatic hydroxyl groups is 1. The molecule has 0 spiro atoms. The summed E-state index contributed by atoms with van der Waals surface area (Å²) in [6.07, 6.45) is 2.78. The zero-order chi connectivity index (χ0) is 11.7. The van der Waals surface area contributed by atoms with Gasteiger partial charge in [-0.25, -0.2) is 0 Å². The van der Waals surface area contributed by atoms with Gasteiger partial charge in [0.25, 0.3) is 0 Å². The summed E-state index contributed by atoms with van der Waals surface area (Å²) in [5.41, 5.74) is 3.08. The molecule has 0 radical (unpaired) electrons. The zero-order valence-electron chi connectivity index (χ0n) is 9.03. The molecule has 80 valence electrons. The van der Waals surface area contributed by atoms with Crippen LogP contribution in [0.3, 0.4) is 0 Å². The first-order valence-corrected chi connectivity index (χ1v) is 5.03. The molecule has 2 heteroatoms. The number of aliphatic hydroxyl groups excluding tert-OH is 1. The summed E-state index contributed by atoms with van der Waals surface area (Å²) in [7, 11) is 0. The molecule has 1 aromatic carbocycles. The molecule has 0 saturated heterocycles. The van der Waals surface area contributed by atoms with Crippen molar-refractivity contribution in [1.82, 2.24) is 0 Å². The van der Waals surface area contributed by atoms with Crippen LogP contribution in [-0.4, -0.2) is 10.9 Å². The first kappa shape index (κ1) is 10.4. The molecule has 0 fully saturated rings. The molecule has 1 aliphatic rings. The summed E-state index contributed by atoms with van der Waals surface area (Å²) in [6.45, 7) is 5.33. The maximum Gasteiger partial charge on any atom is 0.194 e. The first-order valence-electron chi connectivity index (χ1n) is 5.03. The predicted octanol–water partition coefficient (Wildman–Crippen LogP) is 3.28. The quantitative estimate of drug-likeness (QED) is 0.603. The van der Waals surface area contributed by atoms with Crippen molar-refractivity contribution in [2.45, 2.75) is 6.92 Å². The summed E-state index contributed by atoms with van der Waals surface area (Å²) in [5.74, 6) is -0.0305. The highest BCUT2D eigenvalue weighted by Crippen LogP contribution is 2.33. The summed E-state index contributed by atoms with van der Waals surface area (Å²) in [4.78, 5) is 12.0. The molecule has 0 heterocycles. The lowest BCUT2D eigenvalue weighted by Crippen LogP contribution is -1.96. The second kappa shape index (κ2) is 3.81. The normalized spacial score (nSPS) is 15.3. The fraction of sp³-hybridized carbons (Fsp3) is 0.0714. The highest BCUT2D eigenvalue weighted by atomic mass is 16.3. The standard InChI is InChI=1S/C14H12O2/c1-3-10(15)8-13-9(2)11-6-4-5-7-12(11)14(13)16/h3-8,15H,1H2,2H3/b10-8+. The van der Waals surface area contributed by atoms with Gasteiger partial charge in [0, 0.05) is 11.1 Å². The minimum absolute atomic E-state index is 0.00973. The molecular weight excluding hydrogens is 200 g/mol. The molecule has 0 aliphatic heterocycles. The summed E-state index contributed by atoms with van der Waals surface area (Å²) >= 11 is 0. The Kier molecular flexibility index (Phi) is 2.49. The van der Waals surface area contributed by atoms with Crippen LogP contribution in [0.4, 0.5) is 0 Å². The molecule has 0 saturated carbocycles. The van der Waals surface area contributed by atoms with Crippen LogP contribution in [0.1, 0.15) is 22.8 Å². The van der Waals surface area contributed by atoms with Gasteiger partial charge in [-0.3, -0.25) is 4.79 Å². The zero-order valence-corrected chi connectivity index (χ0v) is 9.03. The number of rotatable bonds is 2. The van der Waals surface area contributed by atoms with Crippen LogP contribution in [0.15, 0.2) is 54.3 Å². The van der Waals surface area contributed by atoms with Crippen molar-refractivity contribution in [1.29, 1.82) is 0 Å². The number of Topliss-reactive ketones (excluding diaryl/α,β-unsaturated/α-hetero) is 1. The van der Waals surface area contributed by atoms with Crippen LogP contribution in [-0.2, 0) is 0 Å². The maximum atomic E-state index is 12.0. The second-order valence-electron chi connectivity index (χ2n) is 3.69. The minimum atomic E-state index is -0.0403. The number of fused-ring (bicyclic) bond motifs is 1. The van der Waals surface area contributed by atoms with E-state index >= 15 is 0 Å². The van der Waals surface area contributed by atoms with E-state index in [1.54, 1.807) is 6.07 Å². The van der Waals surface area contributed by atoms with Gasteiger partial charge in [0.1, 0.15) is 5.76 Å². The van der Waals surface area contributed by atoms with Crippen LogP contribution >= 0.6 is 0 Å². The molecule has 16 heavy (non-hydrogen) atoms. The van der Waals surface area contributed by atoms with E-state index in [0.29, 0.717) is 11.1 Å². The number of carbonyl (C=O) groups is 1. The van der Waals surface area contributed by atoms with Crippen molar-refractivity contribution < 1.29 is 9.90 Å². The lowest BCUT2D eigenvalue weighted by molar-refractivity contribution is 0.104. The second-order valence-corrected chi connectivity index (χ2v) is 3.69. The Hall–Kier alpha value is -2.09. The van der Waals surface area contributed by atoms with Crippen molar-refractivity contribution >= 4 is 11.4 Å². The van der Waals surface area contributed by atoms with Gasteiger partial charge in [-0.15, -0.1) is 0 Å². The Morgan fingerprint density at radius 2 is 1.94 bits per heavy atom. The van der Waals surface area contributed by atoms with Gasteiger partial charge in [0.05, 0.1) is 0 Å². The molecule has 1 N–H and O–H groups in total. The average Bonchev–Trinajstić information content (AvgIpc) is 2.55. The molecule has 1 aromatic rings. The summed E-state index contributed by atoms with van der Waals surface area (Å²) < 4.78 is 0. The Morgan fingerprint density at radius 1 is 1.31 bits per heavy atom. The van der Waals surface area contributed by atoms with E-state index in [9.17, 15) is 9.90 Å². The van der Waals surface area contributed by atoms with Crippen molar-refractivity contribution in [3.63, 3.8) is 0 Å². The number of benzene rings is 1. The largest absolute Gasteiger partial charge is 0.508 e. The topological polar surface area (TPSA) is 37.3 Å². The number of ketones is 1. The van der Waals surface area contributed by atoms with E-state index in [1.165, 1.54) is 12.2 Å². The Labute approximate surface area is 94.2 Å². The molecular formula is C14H12O2. The number of carbonyl (C=O) groups excluding carboxylic acids is 1. The number of hydrogen-bond donors (Lipinski definition) is 1. The van der Waals surface area contributed by atoms with Crippen molar-refractivity contribution in [3.8, 4) is 0 Å². The van der Waals surface area contributed by atoms with E-state index in [1.807, 2.05) is 25.1 Å². The van der Waals surface area contributed by atoms with Gasteiger partial charge in [0.2, 0.25) is 0 Å². The van der Waals surface area contributed by atoms with Gasteiger partial charge in [-0.1, -0.05) is 30.8 Å². The minimum Gasteiger partial charge on any atom is -0.508 e. The van der Waals surface area contributed by atoms with Gasteiger partial charge < -0.3 is 5.11 Å². The highest BCUT2D eigenvalue weighted by molar-refractivity contribution is 6.22. The van der Waals surface area contributed by atoms with E-state index in [0.717, 1.165) is 11.1 Å². The summed E-state index contributed by atoms with van der Waals surface area (Å²) in [6, 6.07) is 7.45. The van der Waals surface area contributed by atoms with Gasteiger partial charge >= 0.3 is 0 Å². The van der Waals surface area contributed by atoms with Crippen LogP contribution in [0, 0.1) is 0 Å². The third-order valence-electron chi connectivity index (χ3n) is 2.73. The molecule has 2 rings (SSSR count). The lowest BCUT2D eigenvalue weighted by Gasteiger charge is -1.96. The molecule has 0 amide bonds. The number of allylic oxidation sites excluding steroid dienone is 4. The van der Waals surface area contributed by atoms with Gasteiger partial charge in [0.15, 0.2) is 5.78 Å². The SMILES string of the molecule is C=C/C(O)=C\C1=C(C)c2ccccc2C1=O. The van der Waals surface area contributed by atoms with Crippen LogP contribution in [0.25, 0.3) is 5.57 Å². The van der Waals surface area contributed by atoms with E-state index < -0.39 is 0 Å². The number of hydrogen-bond acceptors (Lipinski definition) is 2. The first-order chi connectivity index (χ1) is 7.65. The summed E-state index contributed by atoms with van der Waals surface area (Å²) in [5, 5.41) is 9.39. The van der Waals surface area contributed by atoms with E-state index in [2.05, 4.69) is 6.58 Å². The third-order valence-corrected chi connectivity index (χ3v) is 2.73. The van der Waals surface area contributed by atoms with Crippen molar-refractivity contribution in [2.75, 3.05) is 0 Å². The Morgan fingerprint density at radius 3 is 2.50 bits per heavy atom.